The second kappa shape index (κ2) is 8.79. The van der Waals surface area contributed by atoms with Crippen molar-refractivity contribution in [3.05, 3.63) is 40.7 Å². The van der Waals surface area contributed by atoms with Crippen LogP contribution < -0.4 is 10.7 Å². The quantitative estimate of drug-likeness (QED) is 0.836. The Morgan fingerprint density at radius 1 is 1.30 bits per heavy atom. The molecule has 27 heavy (non-hydrogen) atoms. The van der Waals surface area contributed by atoms with E-state index in [1.54, 1.807) is 15.6 Å². The number of hydrogen-bond donors (Lipinski definition) is 1. The van der Waals surface area contributed by atoms with Crippen molar-refractivity contribution in [2.24, 2.45) is 5.92 Å². The van der Waals surface area contributed by atoms with Gasteiger partial charge >= 0.3 is 0 Å². The van der Waals surface area contributed by atoms with Gasteiger partial charge in [0.1, 0.15) is 0 Å². The maximum Gasteiger partial charge on any atom is 0.224 e. The van der Waals surface area contributed by atoms with Crippen molar-refractivity contribution < 1.29 is 9.59 Å². The van der Waals surface area contributed by atoms with E-state index in [2.05, 4.69) is 10.4 Å². The third-order valence-electron chi connectivity index (χ3n) is 4.99. The average molecular weight is 370 g/mol. The van der Waals surface area contributed by atoms with Crippen LogP contribution in [0.15, 0.2) is 35.3 Å². The number of benzene rings is 1. The molecule has 2 aromatic rings. The number of para-hydroxylation sites is 1. The second-order valence-corrected chi connectivity index (χ2v) is 6.97. The molecule has 2 heterocycles. The molecule has 1 aliphatic heterocycles. The molecular formula is C20H26N4O3. The van der Waals surface area contributed by atoms with Gasteiger partial charge in [0, 0.05) is 31.4 Å². The number of amides is 2. The van der Waals surface area contributed by atoms with Crippen LogP contribution in [0.5, 0.6) is 0 Å². The van der Waals surface area contributed by atoms with Crippen LogP contribution in [0.2, 0.25) is 0 Å². The molecule has 1 atom stereocenters. The summed E-state index contributed by atoms with van der Waals surface area (Å²) < 4.78 is 1.70. The molecule has 3 rings (SSSR count). The van der Waals surface area contributed by atoms with E-state index in [0.717, 1.165) is 24.8 Å². The van der Waals surface area contributed by atoms with Gasteiger partial charge in [-0.25, -0.2) is 0 Å². The predicted molar refractivity (Wildman–Crippen MR) is 103 cm³/mol. The predicted octanol–water partition coefficient (Wildman–Crippen LogP) is 1.55. The van der Waals surface area contributed by atoms with Gasteiger partial charge in [0.15, 0.2) is 0 Å². The van der Waals surface area contributed by atoms with E-state index >= 15 is 0 Å². The summed E-state index contributed by atoms with van der Waals surface area (Å²) in [7, 11) is 0. The molecule has 2 amide bonds. The molecule has 1 aromatic carbocycles. The number of rotatable bonds is 6. The minimum atomic E-state index is -0.124. The molecule has 0 aliphatic carbocycles. The van der Waals surface area contributed by atoms with Crippen LogP contribution in [0.25, 0.3) is 10.9 Å². The van der Waals surface area contributed by atoms with E-state index in [1.165, 1.54) is 6.20 Å². The highest BCUT2D eigenvalue weighted by Gasteiger charge is 2.28. The van der Waals surface area contributed by atoms with Gasteiger partial charge in [-0.2, -0.15) is 5.10 Å². The van der Waals surface area contributed by atoms with Gasteiger partial charge in [-0.15, -0.1) is 0 Å². The Labute approximate surface area is 158 Å². The first-order valence-electron chi connectivity index (χ1n) is 9.60. The third-order valence-corrected chi connectivity index (χ3v) is 4.99. The zero-order valence-corrected chi connectivity index (χ0v) is 15.7. The number of aryl methyl sites for hydroxylation is 1. The molecule has 144 valence electrons. The second-order valence-electron chi connectivity index (χ2n) is 6.97. The number of piperidine rings is 1. The molecule has 1 N–H and O–H groups in total. The van der Waals surface area contributed by atoms with Crippen LogP contribution in [0.1, 0.15) is 32.6 Å². The molecular weight excluding hydrogens is 344 g/mol. The topological polar surface area (TPSA) is 84.3 Å². The number of carbonyl (C=O) groups is 2. The summed E-state index contributed by atoms with van der Waals surface area (Å²) in [4.78, 5) is 38.5. The molecule has 0 saturated carbocycles. The number of carbonyl (C=O) groups excluding carboxylic acids is 2. The van der Waals surface area contributed by atoms with Crippen LogP contribution >= 0.6 is 0 Å². The van der Waals surface area contributed by atoms with E-state index in [1.807, 2.05) is 25.1 Å². The number of likely N-dealkylation sites (tertiary alicyclic amines) is 1. The highest BCUT2D eigenvalue weighted by Crippen LogP contribution is 2.18. The van der Waals surface area contributed by atoms with Gasteiger partial charge in [-0.1, -0.05) is 19.1 Å². The van der Waals surface area contributed by atoms with Crippen LogP contribution in [0, 0.1) is 5.92 Å². The molecule has 7 nitrogen and oxygen atoms in total. The summed E-state index contributed by atoms with van der Waals surface area (Å²) >= 11 is 0. The van der Waals surface area contributed by atoms with Crippen molar-refractivity contribution in [2.45, 2.75) is 39.2 Å². The van der Waals surface area contributed by atoms with Crippen LogP contribution in [-0.4, -0.2) is 46.1 Å². The standard InChI is InChI=1S/C20H26N4O3/c1-2-10-21-20(27)15-6-5-11-23(14-15)19(26)9-12-24-17-8-4-3-7-16(17)18(25)13-22-24/h3-4,7-8,13,15H,2,5-6,9-12,14H2,1H3,(H,21,27). The third kappa shape index (κ3) is 4.53. The Morgan fingerprint density at radius 3 is 2.93 bits per heavy atom. The Hall–Kier alpha value is -2.70. The maximum absolute atomic E-state index is 12.6. The fourth-order valence-electron chi connectivity index (χ4n) is 3.51. The van der Waals surface area contributed by atoms with Crippen LogP contribution in [0.3, 0.4) is 0 Å². The van der Waals surface area contributed by atoms with Gasteiger partial charge in [-0.3, -0.25) is 19.1 Å². The maximum atomic E-state index is 12.6. The summed E-state index contributed by atoms with van der Waals surface area (Å²) in [5.41, 5.74) is 0.610. The highest BCUT2D eigenvalue weighted by molar-refractivity contribution is 5.81. The molecule has 1 aliphatic rings. The van der Waals surface area contributed by atoms with Crippen molar-refractivity contribution in [3.8, 4) is 0 Å². The molecule has 1 saturated heterocycles. The van der Waals surface area contributed by atoms with Gasteiger partial charge in [0.25, 0.3) is 0 Å². The van der Waals surface area contributed by atoms with E-state index in [9.17, 15) is 14.4 Å². The highest BCUT2D eigenvalue weighted by atomic mass is 16.2. The number of nitrogens with one attached hydrogen (secondary N) is 1. The Bertz CT molecular complexity index is 877. The van der Waals surface area contributed by atoms with Crippen molar-refractivity contribution in [2.75, 3.05) is 19.6 Å². The number of aromatic nitrogens is 2. The largest absolute Gasteiger partial charge is 0.356 e. The molecule has 0 radical (unpaired) electrons. The summed E-state index contributed by atoms with van der Waals surface area (Å²) in [6.45, 7) is 4.27. The Morgan fingerprint density at radius 2 is 2.11 bits per heavy atom. The molecule has 0 spiro atoms. The van der Waals surface area contributed by atoms with Gasteiger partial charge in [0.2, 0.25) is 17.2 Å². The SMILES string of the molecule is CCCNC(=O)C1CCCN(C(=O)CCn2ncc(=O)c3ccccc32)C1. The first kappa shape index (κ1) is 19.1. The lowest BCUT2D eigenvalue weighted by Gasteiger charge is -2.32. The van der Waals surface area contributed by atoms with Crippen LogP contribution in [-0.2, 0) is 16.1 Å². The van der Waals surface area contributed by atoms with Crippen molar-refractivity contribution >= 4 is 22.7 Å². The summed E-state index contributed by atoms with van der Waals surface area (Å²) in [6, 6.07) is 7.27. The van der Waals surface area contributed by atoms with E-state index in [4.69, 9.17) is 0 Å². The van der Waals surface area contributed by atoms with Crippen molar-refractivity contribution in [3.63, 3.8) is 0 Å². The first-order valence-corrected chi connectivity index (χ1v) is 9.60. The Balaban J connectivity index is 1.62. The average Bonchev–Trinajstić information content (AvgIpc) is 2.71. The number of nitrogens with zero attached hydrogens (tertiary/aromatic N) is 3. The smallest absolute Gasteiger partial charge is 0.224 e. The molecule has 1 aromatic heterocycles. The lowest BCUT2D eigenvalue weighted by Crippen LogP contribution is -2.45. The summed E-state index contributed by atoms with van der Waals surface area (Å²) in [6.07, 6.45) is 4.16. The minimum Gasteiger partial charge on any atom is -0.356 e. The normalized spacial score (nSPS) is 17.1. The summed E-state index contributed by atoms with van der Waals surface area (Å²) in [5, 5.41) is 7.70. The fourth-order valence-corrected chi connectivity index (χ4v) is 3.51. The van der Waals surface area contributed by atoms with Crippen molar-refractivity contribution in [1.29, 1.82) is 0 Å². The van der Waals surface area contributed by atoms with E-state index in [-0.39, 0.29) is 23.2 Å². The first-order chi connectivity index (χ1) is 13.1. The zero-order chi connectivity index (χ0) is 19.2. The summed E-state index contributed by atoms with van der Waals surface area (Å²) in [5.74, 6) is -0.0596. The molecule has 7 heteroatoms. The van der Waals surface area contributed by atoms with E-state index < -0.39 is 0 Å². The van der Waals surface area contributed by atoms with Gasteiger partial charge in [0.05, 0.1) is 24.2 Å². The van der Waals surface area contributed by atoms with Crippen LogP contribution in [0.4, 0.5) is 0 Å². The Kier molecular flexibility index (Phi) is 6.21. The minimum absolute atomic E-state index is 0.0209. The monoisotopic (exact) mass is 370 g/mol. The van der Waals surface area contributed by atoms with E-state index in [0.29, 0.717) is 38.0 Å². The molecule has 1 fully saturated rings. The number of hydrogen-bond acceptors (Lipinski definition) is 4. The lowest BCUT2D eigenvalue weighted by atomic mass is 9.97. The number of fused-ring (bicyclic) bond motifs is 1. The van der Waals surface area contributed by atoms with Crippen molar-refractivity contribution in [1.82, 2.24) is 20.0 Å². The van der Waals surface area contributed by atoms with Gasteiger partial charge < -0.3 is 10.2 Å². The fraction of sp³-hybridized carbons (Fsp3) is 0.500. The van der Waals surface area contributed by atoms with Gasteiger partial charge in [-0.05, 0) is 31.4 Å². The molecule has 1 unspecified atom stereocenters. The molecule has 0 bridgehead atoms. The lowest BCUT2D eigenvalue weighted by molar-refractivity contribution is -0.135. The zero-order valence-electron chi connectivity index (χ0n) is 15.7.